The van der Waals surface area contributed by atoms with E-state index in [1.807, 2.05) is 0 Å². The number of piperidine rings is 1. The second kappa shape index (κ2) is 8.27. The largest absolute Gasteiger partial charge is 0.497 e. The van der Waals surface area contributed by atoms with Crippen LogP contribution in [0.25, 0.3) is 0 Å². The molecule has 2 heterocycles. The quantitative estimate of drug-likeness (QED) is 0.760. The second-order valence-corrected chi connectivity index (χ2v) is 9.45. The average molecular weight is 447 g/mol. The topological polar surface area (TPSA) is 97.3 Å². The van der Waals surface area contributed by atoms with Crippen LogP contribution < -0.4 is 10.1 Å². The SMILES string of the molecule is COc1ccc(NC(=O)C2=NO[C@]3(CCCN(S(=O)(=O)c4ccccc4F)C3)C2)cc1. The Balaban J connectivity index is 1.45. The molecule has 2 aromatic carbocycles. The van der Waals surface area contributed by atoms with E-state index < -0.39 is 27.3 Å². The van der Waals surface area contributed by atoms with Crippen LogP contribution in [0, 0.1) is 5.82 Å². The Labute approximate surface area is 179 Å². The molecule has 164 valence electrons. The lowest BCUT2D eigenvalue weighted by molar-refractivity contribution is -0.110. The van der Waals surface area contributed by atoms with Crippen LogP contribution in [0.5, 0.6) is 5.75 Å². The van der Waals surface area contributed by atoms with Gasteiger partial charge in [-0.25, -0.2) is 12.8 Å². The van der Waals surface area contributed by atoms with Crippen molar-refractivity contribution in [3.63, 3.8) is 0 Å². The molecule has 1 fully saturated rings. The molecule has 1 atom stereocenters. The first-order valence-electron chi connectivity index (χ1n) is 9.78. The van der Waals surface area contributed by atoms with Crippen molar-refractivity contribution in [2.45, 2.75) is 29.8 Å². The van der Waals surface area contributed by atoms with E-state index in [9.17, 15) is 17.6 Å². The van der Waals surface area contributed by atoms with Crippen LogP contribution in [0.3, 0.4) is 0 Å². The fourth-order valence-electron chi connectivity index (χ4n) is 3.80. The van der Waals surface area contributed by atoms with Gasteiger partial charge in [-0.1, -0.05) is 17.3 Å². The summed E-state index contributed by atoms with van der Waals surface area (Å²) in [5.74, 6) is -0.557. The molecular formula is C21H22FN3O5S. The lowest BCUT2D eigenvalue weighted by Gasteiger charge is -2.37. The summed E-state index contributed by atoms with van der Waals surface area (Å²) in [6.07, 6.45) is 1.22. The highest BCUT2D eigenvalue weighted by Crippen LogP contribution is 2.36. The first-order valence-corrected chi connectivity index (χ1v) is 11.2. The van der Waals surface area contributed by atoms with Crippen LogP contribution in [0.1, 0.15) is 19.3 Å². The molecule has 31 heavy (non-hydrogen) atoms. The summed E-state index contributed by atoms with van der Waals surface area (Å²) in [6.45, 7) is 0.238. The minimum atomic E-state index is -4.03. The number of rotatable bonds is 5. The molecule has 0 unspecified atom stereocenters. The number of carbonyl (C=O) groups is 1. The van der Waals surface area contributed by atoms with Gasteiger partial charge in [-0.3, -0.25) is 4.79 Å². The molecule has 0 bridgehead atoms. The highest BCUT2D eigenvalue weighted by Gasteiger charge is 2.47. The van der Waals surface area contributed by atoms with Crippen molar-refractivity contribution in [3.8, 4) is 5.75 Å². The Kier molecular flexibility index (Phi) is 5.67. The lowest BCUT2D eigenvalue weighted by Crippen LogP contribution is -2.50. The molecule has 10 heteroatoms. The number of nitrogens with zero attached hydrogens (tertiary/aromatic N) is 2. The number of hydrogen-bond acceptors (Lipinski definition) is 6. The molecule has 1 spiro atoms. The van der Waals surface area contributed by atoms with E-state index in [4.69, 9.17) is 9.57 Å². The number of nitrogens with one attached hydrogen (secondary N) is 1. The van der Waals surface area contributed by atoms with Crippen molar-refractivity contribution in [2.24, 2.45) is 5.16 Å². The number of ether oxygens (including phenoxy) is 1. The van der Waals surface area contributed by atoms with Gasteiger partial charge in [-0.2, -0.15) is 4.31 Å². The molecule has 1 saturated heterocycles. The standard InChI is InChI=1S/C21H22FN3O5S/c1-29-16-9-7-15(8-10-16)23-20(26)18-13-21(30-24-18)11-4-12-25(14-21)31(27,28)19-6-3-2-5-17(19)22/h2-3,5-10H,4,11-14H2,1H3,(H,23,26)/t21-/m1/s1. The second-order valence-electron chi connectivity index (χ2n) is 7.54. The first-order chi connectivity index (χ1) is 14.8. The third-order valence-electron chi connectivity index (χ3n) is 5.41. The number of methoxy groups -OCH3 is 1. The zero-order valence-corrected chi connectivity index (χ0v) is 17.7. The molecule has 4 rings (SSSR count). The maximum absolute atomic E-state index is 14.1. The summed E-state index contributed by atoms with van der Waals surface area (Å²) in [7, 11) is -2.48. The van der Waals surface area contributed by atoms with Gasteiger partial charge >= 0.3 is 0 Å². The van der Waals surface area contributed by atoms with Crippen LogP contribution in [0.4, 0.5) is 10.1 Å². The molecular weight excluding hydrogens is 425 g/mol. The number of carbonyl (C=O) groups excluding carboxylic acids is 1. The number of sulfonamides is 1. The molecule has 1 N–H and O–H groups in total. The van der Waals surface area contributed by atoms with E-state index in [1.165, 1.54) is 22.5 Å². The summed E-state index contributed by atoms with van der Waals surface area (Å²) >= 11 is 0. The van der Waals surface area contributed by atoms with Gasteiger partial charge in [0.15, 0.2) is 5.60 Å². The smallest absolute Gasteiger partial charge is 0.273 e. The highest BCUT2D eigenvalue weighted by atomic mass is 32.2. The summed E-state index contributed by atoms with van der Waals surface area (Å²) in [5, 5.41) is 6.68. The van der Waals surface area contributed by atoms with Crippen LogP contribution >= 0.6 is 0 Å². The number of amides is 1. The minimum Gasteiger partial charge on any atom is -0.497 e. The molecule has 0 radical (unpaired) electrons. The zero-order valence-electron chi connectivity index (χ0n) is 16.9. The molecule has 0 aromatic heterocycles. The fraction of sp³-hybridized carbons (Fsp3) is 0.333. The van der Waals surface area contributed by atoms with Gasteiger partial charge in [0.1, 0.15) is 22.2 Å². The van der Waals surface area contributed by atoms with Gasteiger partial charge in [0.25, 0.3) is 5.91 Å². The van der Waals surface area contributed by atoms with Crippen LogP contribution in [0.15, 0.2) is 58.6 Å². The van der Waals surface area contributed by atoms with Gasteiger partial charge < -0.3 is 14.9 Å². The predicted molar refractivity (Wildman–Crippen MR) is 112 cm³/mol. The Morgan fingerprint density at radius 3 is 2.68 bits per heavy atom. The summed E-state index contributed by atoms with van der Waals surface area (Å²) in [5.41, 5.74) is -0.189. The number of benzene rings is 2. The molecule has 2 aliphatic rings. The maximum Gasteiger partial charge on any atom is 0.273 e. The summed E-state index contributed by atoms with van der Waals surface area (Å²) < 4.78 is 46.3. The van der Waals surface area contributed by atoms with Gasteiger partial charge in [0.05, 0.1) is 13.7 Å². The molecule has 8 nitrogen and oxygen atoms in total. The lowest BCUT2D eigenvalue weighted by atomic mass is 9.89. The van der Waals surface area contributed by atoms with E-state index in [-0.39, 0.29) is 30.1 Å². The van der Waals surface area contributed by atoms with Crippen LogP contribution in [0.2, 0.25) is 0 Å². The number of anilines is 1. The van der Waals surface area contributed by atoms with Crippen molar-refractivity contribution in [1.82, 2.24) is 4.31 Å². The Hall–Kier alpha value is -2.98. The van der Waals surface area contributed by atoms with Crippen molar-refractivity contribution >= 4 is 27.3 Å². The number of halogens is 1. The van der Waals surface area contributed by atoms with Crippen molar-refractivity contribution in [3.05, 3.63) is 54.3 Å². The molecule has 2 aromatic rings. The monoisotopic (exact) mass is 447 g/mol. The average Bonchev–Trinajstić information content (AvgIpc) is 3.17. The Bertz CT molecular complexity index is 1120. The third kappa shape index (κ3) is 4.26. The molecule has 1 amide bonds. The Morgan fingerprint density at radius 1 is 1.23 bits per heavy atom. The van der Waals surface area contributed by atoms with Crippen molar-refractivity contribution in [1.29, 1.82) is 0 Å². The Morgan fingerprint density at radius 2 is 1.97 bits per heavy atom. The number of hydrogen-bond donors (Lipinski definition) is 1. The van der Waals surface area contributed by atoms with Crippen LogP contribution in [-0.4, -0.2) is 50.1 Å². The fourth-order valence-corrected chi connectivity index (χ4v) is 5.41. The van der Waals surface area contributed by atoms with Gasteiger partial charge in [-0.05, 0) is 49.2 Å². The minimum absolute atomic E-state index is 0.00746. The number of oxime groups is 1. The molecule has 0 saturated carbocycles. The maximum atomic E-state index is 14.1. The normalized spacial score (nSPS) is 21.4. The third-order valence-corrected chi connectivity index (χ3v) is 7.29. The van der Waals surface area contributed by atoms with Crippen LogP contribution in [-0.2, 0) is 19.7 Å². The summed E-state index contributed by atoms with van der Waals surface area (Å²) in [4.78, 5) is 17.8. The molecule has 2 aliphatic heterocycles. The van der Waals surface area contributed by atoms with E-state index in [0.717, 1.165) is 6.07 Å². The highest BCUT2D eigenvalue weighted by molar-refractivity contribution is 7.89. The summed E-state index contributed by atoms with van der Waals surface area (Å²) in [6, 6.07) is 12.1. The molecule has 0 aliphatic carbocycles. The van der Waals surface area contributed by atoms with Gasteiger partial charge in [-0.15, -0.1) is 0 Å². The van der Waals surface area contributed by atoms with Crippen molar-refractivity contribution < 1.29 is 27.2 Å². The van der Waals surface area contributed by atoms with Gasteiger partial charge in [0.2, 0.25) is 10.0 Å². The predicted octanol–water partition coefficient (Wildman–Crippen LogP) is 2.77. The van der Waals surface area contributed by atoms with E-state index >= 15 is 0 Å². The van der Waals surface area contributed by atoms with E-state index in [0.29, 0.717) is 24.3 Å². The van der Waals surface area contributed by atoms with Crippen molar-refractivity contribution in [2.75, 3.05) is 25.5 Å². The first kappa shape index (κ1) is 21.3. The zero-order chi connectivity index (χ0) is 22.1. The van der Waals surface area contributed by atoms with E-state index in [2.05, 4.69) is 10.5 Å². The van der Waals surface area contributed by atoms with Gasteiger partial charge in [0, 0.05) is 18.7 Å². The van der Waals surface area contributed by atoms with E-state index in [1.54, 1.807) is 31.4 Å².